The van der Waals surface area contributed by atoms with Crippen LogP contribution in [-0.4, -0.2) is 15.4 Å². The van der Waals surface area contributed by atoms with Crippen molar-refractivity contribution in [3.8, 4) is 5.75 Å². The van der Waals surface area contributed by atoms with Crippen LogP contribution in [-0.2, 0) is 4.43 Å². The van der Waals surface area contributed by atoms with E-state index in [1.807, 2.05) is 24.3 Å². The Morgan fingerprint density at radius 1 is 1.19 bits per heavy atom. The predicted octanol–water partition coefficient (Wildman–Crippen LogP) is 3.46. The molecule has 0 radical (unpaired) electrons. The van der Waals surface area contributed by atoms with E-state index >= 15 is 0 Å². The van der Waals surface area contributed by atoms with Crippen LogP contribution in [0.25, 0.3) is 4.85 Å². The molecule has 0 fully saturated rings. The van der Waals surface area contributed by atoms with Gasteiger partial charge in [0.25, 0.3) is 0 Å². The van der Waals surface area contributed by atoms with Crippen molar-refractivity contribution >= 4 is 8.32 Å². The highest BCUT2D eigenvalue weighted by atomic mass is 28.4. The molecule has 0 saturated heterocycles. The summed E-state index contributed by atoms with van der Waals surface area (Å²) in [5, 5.41) is 0. The molecule has 0 aliphatic carbocycles. The highest BCUT2D eigenvalue weighted by molar-refractivity contribution is 6.69. The average molecular weight is 235 g/mol. The van der Waals surface area contributed by atoms with Gasteiger partial charge in [0.1, 0.15) is 5.75 Å². The van der Waals surface area contributed by atoms with Crippen LogP contribution in [0.5, 0.6) is 5.75 Å². The van der Waals surface area contributed by atoms with Gasteiger partial charge in [-0.2, -0.15) is 0 Å². The molecule has 0 N–H and O–H groups in total. The zero-order valence-corrected chi connectivity index (χ0v) is 11.2. The highest BCUT2D eigenvalue weighted by Crippen LogP contribution is 2.25. The van der Waals surface area contributed by atoms with Gasteiger partial charge in [0.05, 0.1) is 12.7 Å². The zero-order chi connectivity index (χ0) is 12.2. The molecule has 1 atom stereocenters. The first kappa shape index (κ1) is 12.8. The van der Waals surface area contributed by atoms with Crippen LogP contribution in [0.3, 0.4) is 0 Å². The molecule has 0 bridgehead atoms. The van der Waals surface area contributed by atoms with Gasteiger partial charge in [-0.3, -0.25) is 4.85 Å². The van der Waals surface area contributed by atoms with Crippen LogP contribution >= 0.6 is 0 Å². The number of benzene rings is 1. The largest absolute Gasteiger partial charge is 0.497 e. The van der Waals surface area contributed by atoms with Crippen molar-refractivity contribution < 1.29 is 9.16 Å². The van der Waals surface area contributed by atoms with E-state index in [0.717, 1.165) is 11.3 Å². The molecule has 0 saturated carbocycles. The number of nitrogens with zero attached hydrogens (tertiary/aromatic N) is 1. The second-order valence-electron chi connectivity index (χ2n) is 4.48. The minimum atomic E-state index is -1.69. The van der Waals surface area contributed by atoms with Gasteiger partial charge in [-0.15, -0.1) is 0 Å². The number of methoxy groups -OCH3 is 1. The minimum absolute atomic E-state index is 0.488. The van der Waals surface area contributed by atoms with Crippen LogP contribution in [0, 0.1) is 6.57 Å². The Morgan fingerprint density at radius 3 is 2.12 bits per heavy atom. The van der Waals surface area contributed by atoms with E-state index in [2.05, 4.69) is 24.5 Å². The van der Waals surface area contributed by atoms with E-state index in [9.17, 15) is 0 Å². The molecule has 0 aliphatic rings. The summed E-state index contributed by atoms with van der Waals surface area (Å²) in [6.07, 6.45) is -0.488. The van der Waals surface area contributed by atoms with E-state index in [-0.39, 0.29) is 0 Å². The summed E-state index contributed by atoms with van der Waals surface area (Å²) in [4.78, 5) is 3.52. The van der Waals surface area contributed by atoms with Gasteiger partial charge in [0.2, 0.25) is 0 Å². The van der Waals surface area contributed by atoms with E-state index in [1.54, 1.807) is 7.11 Å². The van der Waals surface area contributed by atoms with Crippen molar-refractivity contribution in [1.82, 2.24) is 0 Å². The molecule has 4 heteroatoms. The van der Waals surface area contributed by atoms with Crippen LogP contribution in [0.4, 0.5) is 0 Å². The van der Waals surface area contributed by atoms with Crippen molar-refractivity contribution in [2.45, 2.75) is 25.9 Å². The fourth-order valence-corrected chi connectivity index (χ4v) is 2.13. The summed E-state index contributed by atoms with van der Waals surface area (Å²) in [5.41, 5.74) is 0.887. The molecular weight excluding hydrogens is 218 g/mol. The second-order valence-corrected chi connectivity index (χ2v) is 8.95. The molecule has 3 nitrogen and oxygen atoms in total. The summed E-state index contributed by atoms with van der Waals surface area (Å²) in [7, 11) is -0.0660. The lowest BCUT2D eigenvalue weighted by Gasteiger charge is -2.18. The predicted molar refractivity (Wildman–Crippen MR) is 66.8 cm³/mol. The number of hydrogen-bond donors (Lipinski definition) is 0. The Hall–Kier alpha value is -1.31. The molecular formula is C12H17NO2Si. The lowest BCUT2D eigenvalue weighted by atomic mass is 10.2. The monoisotopic (exact) mass is 235 g/mol. The maximum Gasteiger partial charge on any atom is 0.345 e. The third-order valence-corrected chi connectivity index (χ3v) is 2.91. The summed E-state index contributed by atoms with van der Waals surface area (Å²) >= 11 is 0. The fraction of sp³-hybridized carbons (Fsp3) is 0.417. The Balaban J connectivity index is 2.84. The molecule has 1 rings (SSSR count). The summed E-state index contributed by atoms with van der Waals surface area (Å²) in [6.45, 7) is 13.4. The highest BCUT2D eigenvalue weighted by Gasteiger charge is 2.25. The van der Waals surface area contributed by atoms with Gasteiger partial charge < -0.3 is 9.16 Å². The van der Waals surface area contributed by atoms with E-state index in [0.29, 0.717) is 0 Å². The third-order valence-electron chi connectivity index (χ3n) is 1.98. The van der Waals surface area contributed by atoms with Crippen molar-refractivity contribution in [3.05, 3.63) is 41.2 Å². The van der Waals surface area contributed by atoms with Gasteiger partial charge in [-0.1, -0.05) is 0 Å². The van der Waals surface area contributed by atoms with Crippen molar-refractivity contribution in [2.75, 3.05) is 7.11 Å². The van der Waals surface area contributed by atoms with Crippen LogP contribution in [0.15, 0.2) is 24.3 Å². The van der Waals surface area contributed by atoms with Crippen LogP contribution < -0.4 is 4.74 Å². The second kappa shape index (κ2) is 5.15. The Bertz CT molecular complexity index is 375. The fourth-order valence-electron chi connectivity index (χ4n) is 1.27. The molecule has 0 aliphatic heterocycles. The zero-order valence-electron chi connectivity index (χ0n) is 10.2. The number of hydrogen-bond acceptors (Lipinski definition) is 2. The summed E-state index contributed by atoms with van der Waals surface area (Å²) < 4.78 is 10.9. The van der Waals surface area contributed by atoms with Crippen LogP contribution in [0.1, 0.15) is 11.8 Å². The van der Waals surface area contributed by atoms with E-state index in [1.165, 1.54) is 0 Å². The summed E-state index contributed by atoms with van der Waals surface area (Å²) in [6, 6.07) is 7.45. The Morgan fingerprint density at radius 2 is 1.75 bits per heavy atom. The van der Waals surface area contributed by atoms with E-state index < -0.39 is 14.5 Å². The lowest BCUT2D eigenvalue weighted by Crippen LogP contribution is -2.26. The molecule has 0 amide bonds. The van der Waals surface area contributed by atoms with Crippen molar-refractivity contribution in [2.24, 2.45) is 0 Å². The summed E-state index contributed by atoms with van der Waals surface area (Å²) in [5.74, 6) is 0.792. The number of ether oxygens (including phenoxy) is 1. The van der Waals surface area contributed by atoms with Crippen molar-refractivity contribution in [3.63, 3.8) is 0 Å². The third kappa shape index (κ3) is 3.68. The van der Waals surface area contributed by atoms with Gasteiger partial charge >= 0.3 is 6.23 Å². The molecule has 16 heavy (non-hydrogen) atoms. The van der Waals surface area contributed by atoms with Gasteiger partial charge in [-0.05, 0) is 43.9 Å². The maximum atomic E-state index is 7.17. The first-order valence-electron chi connectivity index (χ1n) is 5.14. The first-order chi connectivity index (χ1) is 7.46. The van der Waals surface area contributed by atoms with Gasteiger partial charge in [0.15, 0.2) is 8.32 Å². The van der Waals surface area contributed by atoms with Gasteiger partial charge in [-0.25, -0.2) is 6.57 Å². The molecule has 1 aromatic rings. The Kier molecular flexibility index (Phi) is 4.10. The normalized spacial score (nSPS) is 12.9. The SMILES string of the molecule is [C-]#[N+]C(O[Si](C)(C)C)c1ccc(OC)cc1. The molecule has 1 aromatic carbocycles. The molecule has 1 unspecified atom stereocenters. The average Bonchev–Trinajstić information content (AvgIpc) is 2.25. The molecule has 0 spiro atoms. The topological polar surface area (TPSA) is 22.8 Å². The van der Waals surface area contributed by atoms with Crippen molar-refractivity contribution in [1.29, 1.82) is 0 Å². The number of rotatable bonds is 4. The van der Waals surface area contributed by atoms with Crippen LogP contribution in [0.2, 0.25) is 19.6 Å². The quantitative estimate of drug-likeness (QED) is 0.589. The molecule has 86 valence electrons. The standard InChI is InChI=1S/C12H17NO2Si/c1-13-12(15-16(3,4)5)10-6-8-11(14-2)9-7-10/h6-9,12H,2-5H3. The maximum absolute atomic E-state index is 7.17. The lowest BCUT2D eigenvalue weighted by molar-refractivity contribution is 0.245. The molecule has 0 aromatic heterocycles. The minimum Gasteiger partial charge on any atom is -0.497 e. The smallest absolute Gasteiger partial charge is 0.345 e. The first-order valence-corrected chi connectivity index (χ1v) is 8.55. The van der Waals surface area contributed by atoms with E-state index in [4.69, 9.17) is 15.7 Å². The Labute approximate surface area is 98.0 Å². The van der Waals surface area contributed by atoms with Gasteiger partial charge in [0, 0.05) is 0 Å². The molecule has 0 heterocycles.